The molecule has 0 heterocycles. The number of hydrogen-bond donors (Lipinski definition) is 0. The van der Waals surface area contributed by atoms with E-state index < -0.39 is 0 Å². The van der Waals surface area contributed by atoms with Gasteiger partial charge in [-0.05, 0) is 42.8 Å². The normalized spacial score (nSPS) is 11.4. The van der Waals surface area contributed by atoms with Gasteiger partial charge in [0.05, 0.1) is 17.7 Å². The number of hydrogen-bond acceptors (Lipinski definition) is 4. The first kappa shape index (κ1) is 17.0. The van der Waals surface area contributed by atoms with Crippen LogP contribution in [-0.4, -0.2) is 19.8 Å². The molecule has 2 aromatic carbocycles. The van der Waals surface area contributed by atoms with Crippen molar-refractivity contribution in [2.75, 3.05) is 13.7 Å². The molecule has 0 saturated carbocycles. The van der Waals surface area contributed by atoms with Gasteiger partial charge in [-0.25, -0.2) is 0 Å². The molecule has 0 amide bonds. The maximum absolute atomic E-state index is 8.88. The Hall–Kier alpha value is -2.38. The van der Waals surface area contributed by atoms with Gasteiger partial charge in [0.2, 0.25) is 0 Å². The summed E-state index contributed by atoms with van der Waals surface area (Å²) in [5.74, 6) is 2.16. The number of nitrogens with zero attached hydrogens (tertiary/aromatic N) is 1. The molecule has 0 aliphatic carbocycles. The Morgan fingerprint density at radius 3 is 2.30 bits per heavy atom. The molecule has 0 aromatic heterocycles. The Kier molecular flexibility index (Phi) is 6.13. The molecular formula is C18H18ClNO3. The molecule has 0 radical (unpaired) electrons. The van der Waals surface area contributed by atoms with Crippen molar-refractivity contribution in [1.29, 1.82) is 5.26 Å². The highest BCUT2D eigenvalue weighted by atomic mass is 35.5. The van der Waals surface area contributed by atoms with E-state index in [0.717, 1.165) is 17.9 Å². The molecule has 0 aliphatic heterocycles. The molecule has 2 aromatic rings. The summed E-state index contributed by atoms with van der Waals surface area (Å²) in [4.78, 5) is 0. The van der Waals surface area contributed by atoms with Gasteiger partial charge in [0, 0.05) is 6.07 Å². The SMILES string of the molecule is CCC(COc1ccc(OC)cc1)Oc1ccc(C#N)c(Cl)c1. The van der Waals surface area contributed by atoms with Crippen LogP contribution in [-0.2, 0) is 0 Å². The van der Waals surface area contributed by atoms with Crippen molar-refractivity contribution in [2.45, 2.75) is 19.4 Å². The summed E-state index contributed by atoms with van der Waals surface area (Å²) >= 11 is 6.01. The van der Waals surface area contributed by atoms with Gasteiger partial charge >= 0.3 is 0 Å². The first-order chi connectivity index (χ1) is 11.2. The summed E-state index contributed by atoms with van der Waals surface area (Å²) < 4.78 is 16.7. The fraction of sp³-hybridized carbons (Fsp3) is 0.278. The van der Waals surface area contributed by atoms with Crippen molar-refractivity contribution < 1.29 is 14.2 Å². The molecule has 4 nitrogen and oxygen atoms in total. The van der Waals surface area contributed by atoms with E-state index in [1.165, 1.54) is 0 Å². The molecule has 23 heavy (non-hydrogen) atoms. The summed E-state index contributed by atoms with van der Waals surface area (Å²) in [6.45, 7) is 2.44. The van der Waals surface area contributed by atoms with E-state index in [1.54, 1.807) is 25.3 Å². The van der Waals surface area contributed by atoms with E-state index in [9.17, 15) is 0 Å². The molecule has 0 aliphatic rings. The van der Waals surface area contributed by atoms with Crippen LogP contribution in [0.1, 0.15) is 18.9 Å². The second-order valence-corrected chi connectivity index (χ2v) is 5.30. The molecule has 2 rings (SSSR count). The Labute approximate surface area is 141 Å². The monoisotopic (exact) mass is 331 g/mol. The molecule has 0 fully saturated rings. The Bertz CT molecular complexity index is 680. The molecule has 0 bridgehead atoms. The minimum Gasteiger partial charge on any atom is -0.497 e. The van der Waals surface area contributed by atoms with Crippen LogP contribution < -0.4 is 14.2 Å². The quantitative estimate of drug-likeness (QED) is 0.751. The maximum Gasteiger partial charge on any atom is 0.132 e. The van der Waals surface area contributed by atoms with Gasteiger partial charge in [-0.2, -0.15) is 5.26 Å². The Morgan fingerprint density at radius 2 is 1.74 bits per heavy atom. The first-order valence-electron chi connectivity index (χ1n) is 7.29. The molecule has 120 valence electrons. The predicted octanol–water partition coefficient (Wildman–Crippen LogP) is 4.46. The summed E-state index contributed by atoms with van der Waals surface area (Å²) in [5.41, 5.74) is 0.432. The predicted molar refractivity (Wildman–Crippen MR) is 89.4 cm³/mol. The highest BCUT2D eigenvalue weighted by Crippen LogP contribution is 2.23. The maximum atomic E-state index is 8.88. The Morgan fingerprint density at radius 1 is 1.09 bits per heavy atom. The van der Waals surface area contributed by atoms with Gasteiger partial charge in [-0.1, -0.05) is 18.5 Å². The minimum absolute atomic E-state index is 0.110. The first-order valence-corrected chi connectivity index (χ1v) is 7.67. The fourth-order valence-electron chi connectivity index (χ4n) is 1.95. The molecule has 0 saturated heterocycles. The zero-order valence-corrected chi connectivity index (χ0v) is 13.8. The lowest BCUT2D eigenvalue weighted by atomic mass is 10.2. The van der Waals surface area contributed by atoms with Crippen molar-refractivity contribution in [3.05, 3.63) is 53.1 Å². The number of halogens is 1. The van der Waals surface area contributed by atoms with Gasteiger partial charge < -0.3 is 14.2 Å². The molecular weight excluding hydrogens is 314 g/mol. The molecule has 0 N–H and O–H groups in total. The van der Waals surface area contributed by atoms with Gasteiger partial charge in [0.15, 0.2) is 0 Å². The molecule has 0 spiro atoms. The van der Waals surface area contributed by atoms with Crippen molar-refractivity contribution in [3.8, 4) is 23.3 Å². The van der Waals surface area contributed by atoms with Crippen LogP contribution in [0.2, 0.25) is 5.02 Å². The van der Waals surface area contributed by atoms with Crippen LogP contribution in [0.5, 0.6) is 17.2 Å². The summed E-state index contributed by atoms with van der Waals surface area (Å²) in [5, 5.41) is 9.27. The second kappa shape index (κ2) is 8.30. The standard InChI is InChI=1S/C18H18ClNO3/c1-3-14(12-22-16-8-6-15(21-2)7-9-16)23-17-5-4-13(11-20)18(19)10-17/h4-10,14H,3,12H2,1-2H3. The lowest BCUT2D eigenvalue weighted by molar-refractivity contribution is 0.125. The molecule has 1 atom stereocenters. The van der Waals surface area contributed by atoms with Crippen molar-refractivity contribution in [3.63, 3.8) is 0 Å². The van der Waals surface area contributed by atoms with Gasteiger partial charge in [0.1, 0.15) is 36.0 Å². The van der Waals surface area contributed by atoms with Gasteiger partial charge in [-0.15, -0.1) is 0 Å². The third kappa shape index (κ3) is 4.80. The van der Waals surface area contributed by atoms with Gasteiger partial charge in [0.25, 0.3) is 0 Å². The van der Waals surface area contributed by atoms with E-state index >= 15 is 0 Å². The average molecular weight is 332 g/mol. The molecule has 1 unspecified atom stereocenters. The third-order valence-corrected chi connectivity index (χ3v) is 3.63. The zero-order chi connectivity index (χ0) is 16.7. The second-order valence-electron chi connectivity index (χ2n) is 4.89. The zero-order valence-electron chi connectivity index (χ0n) is 13.1. The number of methoxy groups -OCH3 is 1. The highest BCUT2D eigenvalue weighted by molar-refractivity contribution is 6.31. The van der Waals surface area contributed by atoms with E-state index in [-0.39, 0.29) is 6.10 Å². The van der Waals surface area contributed by atoms with E-state index in [4.69, 9.17) is 31.1 Å². The number of ether oxygens (including phenoxy) is 3. The van der Waals surface area contributed by atoms with Crippen LogP contribution in [0.4, 0.5) is 0 Å². The molecule has 5 heteroatoms. The number of rotatable bonds is 7. The van der Waals surface area contributed by atoms with Crippen LogP contribution in [0.3, 0.4) is 0 Å². The summed E-state index contributed by atoms with van der Waals surface area (Å²) in [6.07, 6.45) is 0.675. The van der Waals surface area contributed by atoms with Gasteiger partial charge in [-0.3, -0.25) is 0 Å². The smallest absolute Gasteiger partial charge is 0.132 e. The van der Waals surface area contributed by atoms with E-state index in [0.29, 0.717) is 22.9 Å². The Balaban J connectivity index is 1.94. The van der Waals surface area contributed by atoms with Crippen LogP contribution >= 0.6 is 11.6 Å². The summed E-state index contributed by atoms with van der Waals surface area (Å²) in [6, 6.07) is 14.4. The van der Waals surface area contributed by atoms with Crippen molar-refractivity contribution in [2.24, 2.45) is 0 Å². The number of nitriles is 1. The minimum atomic E-state index is -0.110. The van der Waals surface area contributed by atoms with Crippen molar-refractivity contribution >= 4 is 11.6 Å². The largest absolute Gasteiger partial charge is 0.497 e. The summed E-state index contributed by atoms with van der Waals surface area (Å²) in [7, 11) is 1.62. The lowest BCUT2D eigenvalue weighted by Crippen LogP contribution is -2.24. The average Bonchev–Trinajstić information content (AvgIpc) is 2.59. The highest BCUT2D eigenvalue weighted by Gasteiger charge is 2.11. The topological polar surface area (TPSA) is 51.5 Å². The van der Waals surface area contributed by atoms with Crippen molar-refractivity contribution in [1.82, 2.24) is 0 Å². The fourth-order valence-corrected chi connectivity index (χ4v) is 2.16. The van der Waals surface area contributed by atoms with Crippen LogP contribution in [0.25, 0.3) is 0 Å². The van der Waals surface area contributed by atoms with E-state index in [1.807, 2.05) is 37.3 Å². The van der Waals surface area contributed by atoms with Crippen LogP contribution in [0, 0.1) is 11.3 Å². The van der Waals surface area contributed by atoms with Crippen LogP contribution in [0.15, 0.2) is 42.5 Å². The lowest BCUT2D eigenvalue weighted by Gasteiger charge is -2.18. The third-order valence-electron chi connectivity index (χ3n) is 3.31. The number of benzene rings is 2. The van der Waals surface area contributed by atoms with E-state index in [2.05, 4.69) is 0 Å².